The molecular weight excluding hydrogens is 192 g/mol. The lowest BCUT2D eigenvalue weighted by Gasteiger charge is -2.26. The Balaban J connectivity index is 2.28. The van der Waals surface area contributed by atoms with Crippen molar-refractivity contribution in [2.24, 2.45) is 0 Å². The predicted octanol–water partition coefficient (Wildman–Crippen LogP) is 1.65. The molecular formula is C11H22N2O2. The highest BCUT2D eigenvalue weighted by molar-refractivity contribution is 5.67. The Labute approximate surface area is 91.8 Å². The van der Waals surface area contributed by atoms with Crippen molar-refractivity contribution in [2.75, 3.05) is 13.1 Å². The summed E-state index contributed by atoms with van der Waals surface area (Å²) in [5, 5.41) is 6.18. The summed E-state index contributed by atoms with van der Waals surface area (Å²) in [6.45, 7) is 9.37. The zero-order valence-electron chi connectivity index (χ0n) is 10.1. The number of hydrogen-bond donors (Lipinski definition) is 2. The number of carbonyl (C=O) groups excluding carboxylic acids is 1. The van der Waals surface area contributed by atoms with Gasteiger partial charge in [-0.15, -0.1) is 0 Å². The fourth-order valence-corrected chi connectivity index (χ4v) is 1.69. The third-order valence-corrected chi connectivity index (χ3v) is 2.48. The molecule has 0 saturated carbocycles. The van der Waals surface area contributed by atoms with Gasteiger partial charge in [-0.05, 0) is 47.1 Å². The molecule has 88 valence electrons. The minimum atomic E-state index is -0.423. The number of rotatable bonds is 2. The lowest BCUT2D eigenvalue weighted by atomic mass is 10.0. The Hall–Kier alpha value is -0.770. The molecule has 1 saturated heterocycles. The van der Waals surface area contributed by atoms with E-state index in [2.05, 4.69) is 17.6 Å². The number of carbonyl (C=O) groups is 1. The first-order valence-electron chi connectivity index (χ1n) is 5.53. The van der Waals surface area contributed by atoms with E-state index < -0.39 is 5.60 Å². The van der Waals surface area contributed by atoms with Crippen molar-refractivity contribution in [3.05, 3.63) is 0 Å². The predicted molar refractivity (Wildman–Crippen MR) is 59.9 cm³/mol. The first-order valence-corrected chi connectivity index (χ1v) is 5.53. The van der Waals surface area contributed by atoms with E-state index in [1.807, 2.05) is 20.8 Å². The summed E-state index contributed by atoms with van der Waals surface area (Å²) < 4.78 is 5.16. The van der Waals surface area contributed by atoms with Crippen molar-refractivity contribution in [2.45, 2.75) is 51.7 Å². The smallest absolute Gasteiger partial charge is 0.407 e. The summed E-state index contributed by atoms with van der Waals surface area (Å²) in [5.74, 6) is 0. The summed E-state index contributed by atoms with van der Waals surface area (Å²) in [7, 11) is 0. The number of ether oxygens (including phenoxy) is 1. The Bertz CT molecular complexity index is 227. The van der Waals surface area contributed by atoms with Crippen LogP contribution in [0, 0.1) is 0 Å². The van der Waals surface area contributed by atoms with Gasteiger partial charge in [0.25, 0.3) is 0 Å². The van der Waals surface area contributed by atoms with E-state index in [4.69, 9.17) is 4.74 Å². The van der Waals surface area contributed by atoms with Gasteiger partial charge in [0.15, 0.2) is 0 Å². The molecule has 1 atom stereocenters. The Morgan fingerprint density at radius 3 is 2.67 bits per heavy atom. The molecule has 1 rings (SSSR count). The van der Waals surface area contributed by atoms with Gasteiger partial charge in [-0.2, -0.15) is 0 Å². The van der Waals surface area contributed by atoms with Crippen molar-refractivity contribution in [3.63, 3.8) is 0 Å². The van der Waals surface area contributed by atoms with Gasteiger partial charge >= 0.3 is 6.09 Å². The average Bonchev–Trinajstić information content (AvgIpc) is 2.47. The highest BCUT2D eigenvalue weighted by Crippen LogP contribution is 2.17. The molecule has 0 aromatic rings. The van der Waals surface area contributed by atoms with E-state index in [1.165, 1.54) is 6.42 Å². The lowest BCUT2D eigenvalue weighted by Crippen LogP contribution is -2.48. The van der Waals surface area contributed by atoms with Crippen molar-refractivity contribution in [1.82, 2.24) is 10.6 Å². The minimum Gasteiger partial charge on any atom is -0.444 e. The topological polar surface area (TPSA) is 50.4 Å². The summed E-state index contributed by atoms with van der Waals surface area (Å²) in [5.41, 5.74) is -0.384. The quantitative estimate of drug-likeness (QED) is 0.735. The van der Waals surface area contributed by atoms with Gasteiger partial charge in [0.1, 0.15) is 5.60 Å². The monoisotopic (exact) mass is 214 g/mol. The van der Waals surface area contributed by atoms with Gasteiger partial charge in [0.05, 0.1) is 0 Å². The van der Waals surface area contributed by atoms with Gasteiger partial charge in [0.2, 0.25) is 0 Å². The average molecular weight is 214 g/mol. The largest absolute Gasteiger partial charge is 0.444 e. The summed E-state index contributed by atoms with van der Waals surface area (Å²) in [6, 6.07) is 0. The van der Waals surface area contributed by atoms with Crippen molar-refractivity contribution < 1.29 is 9.53 Å². The zero-order valence-corrected chi connectivity index (χ0v) is 10.1. The van der Waals surface area contributed by atoms with Crippen LogP contribution < -0.4 is 10.6 Å². The SMILES string of the molecule is CC1(CNC(=O)OC(C)(C)C)CCCN1. The molecule has 0 aromatic carbocycles. The molecule has 0 spiro atoms. The van der Waals surface area contributed by atoms with Gasteiger partial charge in [-0.25, -0.2) is 4.79 Å². The minimum absolute atomic E-state index is 0.0386. The second kappa shape index (κ2) is 4.39. The second-order valence-corrected chi connectivity index (χ2v) is 5.45. The molecule has 2 N–H and O–H groups in total. The molecule has 1 unspecified atom stereocenters. The fraction of sp³-hybridized carbons (Fsp3) is 0.909. The van der Waals surface area contributed by atoms with Gasteiger partial charge in [-0.3, -0.25) is 0 Å². The number of hydrogen-bond acceptors (Lipinski definition) is 3. The van der Waals surface area contributed by atoms with Crippen LogP contribution in [-0.4, -0.2) is 30.3 Å². The lowest BCUT2D eigenvalue weighted by molar-refractivity contribution is 0.0514. The van der Waals surface area contributed by atoms with Crippen LogP contribution in [0.4, 0.5) is 4.79 Å². The first-order chi connectivity index (χ1) is 6.81. The van der Waals surface area contributed by atoms with Crippen LogP contribution in [0.2, 0.25) is 0 Å². The molecule has 0 radical (unpaired) electrons. The van der Waals surface area contributed by atoms with E-state index in [-0.39, 0.29) is 11.6 Å². The molecule has 1 fully saturated rings. The van der Waals surface area contributed by atoms with E-state index in [1.54, 1.807) is 0 Å². The second-order valence-electron chi connectivity index (χ2n) is 5.45. The van der Waals surface area contributed by atoms with Crippen LogP contribution in [0.15, 0.2) is 0 Å². The third kappa shape index (κ3) is 4.51. The van der Waals surface area contributed by atoms with E-state index in [0.29, 0.717) is 6.54 Å². The third-order valence-electron chi connectivity index (χ3n) is 2.48. The molecule has 15 heavy (non-hydrogen) atoms. The molecule has 0 aliphatic carbocycles. The summed E-state index contributed by atoms with van der Waals surface area (Å²) in [4.78, 5) is 11.4. The standard InChI is InChI=1S/C11H22N2O2/c1-10(2,3)15-9(14)12-8-11(4)6-5-7-13-11/h13H,5-8H2,1-4H3,(H,12,14). The summed E-state index contributed by atoms with van der Waals surface area (Å²) in [6.07, 6.45) is 1.94. The Morgan fingerprint density at radius 2 is 2.20 bits per heavy atom. The van der Waals surface area contributed by atoms with E-state index >= 15 is 0 Å². The molecule has 1 aliphatic heterocycles. The normalized spacial score (nSPS) is 26.4. The first kappa shape index (κ1) is 12.3. The number of alkyl carbamates (subject to hydrolysis) is 1. The van der Waals surface area contributed by atoms with Crippen molar-refractivity contribution in [1.29, 1.82) is 0 Å². The van der Waals surface area contributed by atoms with Crippen LogP contribution in [0.25, 0.3) is 0 Å². The van der Waals surface area contributed by atoms with E-state index in [0.717, 1.165) is 13.0 Å². The fourth-order valence-electron chi connectivity index (χ4n) is 1.69. The number of nitrogens with one attached hydrogen (secondary N) is 2. The van der Waals surface area contributed by atoms with E-state index in [9.17, 15) is 4.79 Å². The van der Waals surface area contributed by atoms with Gasteiger partial charge in [0, 0.05) is 12.1 Å². The van der Waals surface area contributed by atoms with Crippen LogP contribution in [-0.2, 0) is 4.74 Å². The molecule has 1 aliphatic rings. The van der Waals surface area contributed by atoms with Gasteiger partial charge < -0.3 is 15.4 Å². The maximum Gasteiger partial charge on any atom is 0.407 e. The maximum atomic E-state index is 11.4. The highest BCUT2D eigenvalue weighted by Gasteiger charge is 2.28. The van der Waals surface area contributed by atoms with Crippen molar-refractivity contribution in [3.8, 4) is 0 Å². The Kier molecular flexibility index (Phi) is 3.60. The molecule has 0 bridgehead atoms. The van der Waals surface area contributed by atoms with Crippen LogP contribution in [0.3, 0.4) is 0 Å². The summed E-state index contributed by atoms with van der Waals surface area (Å²) >= 11 is 0. The van der Waals surface area contributed by atoms with Gasteiger partial charge in [-0.1, -0.05) is 0 Å². The molecule has 4 nitrogen and oxygen atoms in total. The molecule has 4 heteroatoms. The molecule has 1 heterocycles. The number of amides is 1. The molecule has 1 amide bonds. The van der Waals surface area contributed by atoms with Crippen LogP contribution in [0.1, 0.15) is 40.5 Å². The van der Waals surface area contributed by atoms with Crippen molar-refractivity contribution >= 4 is 6.09 Å². The highest BCUT2D eigenvalue weighted by atomic mass is 16.6. The van der Waals surface area contributed by atoms with Crippen LogP contribution >= 0.6 is 0 Å². The zero-order chi connectivity index (χ0) is 11.5. The maximum absolute atomic E-state index is 11.4. The Morgan fingerprint density at radius 1 is 1.53 bits per heavy atom. The van der Waals surface area contributed by atoms with Crippen LogP contribution in [0.5, 0.6) is 0 Å². The molecule has 0 aromatic heterocycles.